The van der Waals surface area contributed by atoms with Crippen LogP contribution >= 0.6 is 0 Å². The molecule has 0 bridgehead atoms. The lowest BCUT2D eigenvalue weighted by atomic mass is 9.99. The van der Waals surface area contributed by atoms with Crippen LogP contribution in [0.15, 0.2) is 42.5 Å². The average Bonchev–Trinajstić information content (AvgIpc) is 2.61. The van der Waals surface area contributed by atoms with Gasteiger partial charge in [-0.15, -0.1) is 0 Å². The molecule has 1 aliphatic heterocycles. The van der Waals surface area contributed by atoms with Crippen molar-refractivity contribution in [2.24, 2.45) is 0 Å². The summed E-state index contributed by atoms with van der Waals surface area (Å²) >= 11 is 0. The second-order valence-electron chi connectivity index (χ2n) is 6.47. The van der Waals surface area contributed by atoms with Gasteiger partial charge in [0.2, 0.25) is 0 Å². The summed E-state index contributed by atoms with van der Waals surface area (Å²) in [5.41, 5.74) is 1.39. The fourth-order valence-electron chi connectivity index (χ4n) is 3.42. The summed E-state index contributed by atoms with van der Waals surface area (Å²) in [5, 5.41) is 11.4. The van der Waals surface area contributed by atoms with Crippen LogP contribution in [0.5, 0.6) is 0 Å². The largest absolute Gasteiger partial charge is 0.396 e. The van der Waals surface area contributed by atoms with E-state index in [1.807, 2.05) is 0 Å². The molecule has 1 N–H and O–H groups in total. The summed E-state index contributed by atoms with van der Waals surface area (Å²) in [7, 11) is 0. The van der Waals surface area contributed by atoms with Crippen LogP contribution < -0.4 is 0 Å². The van der Waals surface area contributed by atoms with Crippen molar-refractivity contribution in [3.8, 4) is 0 Å². The summed E-state index contributed by atoms with van der Waals surface area (Å²) in [6, 6.07) is 15.8. The van der Waals surface area contributed by atoms with E-state index in [1.54, 1.807) is 0 Å². The van der Waals surface area contributed by atoms with Gasteiger partial charge in [0.05, 0.1) is 6.10 Å². The minimum atomic E-state index is 0.220. The van der Waals surface area contributed by atoms with E-state index in [9.17, 15) is 0 Å². The highest BCUT2D eigenvalue weighted by Gasteiger charge is 2.23. The third-order valence-electron chi connectivity index (χ3n) is 4.94. The third-order valence-corrected chi connectivity index (χ3v) is 4.94. The lowest BCUT2D eigenvalue weighted by Crippen LogP contribution is -2.38. The summed E-state index contributed by atoms with van der Waals surface area (Å²) in [6.07, 6.45) is 3.28. The van der Waals surface area contributed by atoms with Crippen LogP contribution in [0.25, 0.3) is 10.8 Å². The highest BCUT2D eigenvalue weighted by atomic mass is 16.5. The monoisotopic (exact) mass is 313 g/mol. The molecule has 23 heavy (non-hydrogen) atoms. The Balaban J connectivity index is 1.58. The predicted octanol–water partition coefficient (Wildman–Crippen LogP) is 3.76. The summed E-state index contributed by atoms with van der Waals surface area (Å²) in [5.74, 6) is 0. The van der Waals surface area contributed by atoms with Crippen LogP contribution in [0.3, 0.4) is 0 Å². The minimum absolute atomic E-state index is 0.220. The predicted molar refractivity (Wildman–Crippen MR) is 94.6 cm³/mol. The number of likely N-dealkylation sites (tertiary alicyclic amines) is 1. The Labute approximate surface area is 138 Å². The molecule has 0 radical (unpaired) electrons. The van der Waals surface area contributed by atoms with Crippen molar-refractivity contribution in [2.45, 2.75) is 38.3 Å². The number of aliphatic hydroxyl groups excluding tert-OH is 1. The lowest BCUT2D eigenvalue weighted by Gasteiger charge is -2.36. The molecule has 0 amide bonds. The van der Waals surface area contributed by atoms with E-state index in [-0.39, 0.29) is 6.61 Å². The topological polar surface area (TPSA) is 32.7 Å². The maximum atomic E-state index is 8.82. The van der Waals surface area contributed by atoms with Gasteiger partial charge in [0.1, 0.15) is 0 Å². The van der Waals surface area contributed by atoms with E-state index in [1.165, 1.54) is 16.3 Å². The zero-order chi connectivity index (χ0) is 16.1. The maximum absolute atomic E-state index is 8.82. The first kappa shape index (κ1) is 16.4. The quantitative estimate of drug-likeness (QED) is 0.824. The third kappa shape index (κ3) is 4.11. The van der Waals surface area contributed by atoms with Crippen LogP contribution in [-0.4, -0.2) is 42.4 Å². The van der Waals surface area contributed by atoms with Gasteiger partial charge >= 0.3 is 0 Å². The number of benzene rings is 2. The standard InChI is InChI=1S/C20H27NO2/c1-16(18-8-7-17-5-2-3-6-19(17)15-18)21-11-9-20(10-12-21)23-14-4-13-22/h2-3,5-8,15-16,20,22H,4,9-14H2,1H3. The highest BCUT2D eigenvalue weighted by molar-refractivity contribution is 5.83. The van der Waals surface area contributed by atoms with E-state index in [0.29, 0.717) is 18.8 Å². The van der Waals surface area contributed by atoms with Crippen LogP contribution in [0, 0.1) is 0 Å². The normalized spacial score (nSPS) is 18.3. The Morgan fingerprint density at radius 1 is 1.13 bits per heavy atom. The van der Waals surface area contributed by atoms with E-state index in [0.717, 1.165) is 32.4 Å². The van der Waals surface area contributed by atoms with E-state index < -0.39 is 0 Å². The Morgan fingerprint density at radius 2 is 1.87 bits per heavy atom. The van der Waals surface area contributed by atoms with E-state index >= 15 is 0 Å². The molecule has 3 heteroatoms. The molecule has 2 aromatic carbocycles. The second kappa shape index (κ2) is 7.91. The number of aliphatic hydroxyl groups is 1. The number of hydrogen-bond donors (Lipinski definition) is 1. The van der Waals surface area contributed by atoms with Gasteiger partial charge in [-0.25, -0.2) is 0 Å². The van der Waals surface area contributed by atoms with Gasteiger partial charge in [-0.2, -0.15) is 0 Å². The molecular weight excluding hydrogens is 286 g/mol. The fourth-order valence-corrected chi connectivity index (χ4v) is 3.42. The first-order valence-electron chi connectivity index (χ1n) is 8.73. The van der Waals surface area contributed by atoms with Gasteiger partial charge in [-0.05, 0) is 48.6 Å². The number of ether oxygens (including phenoxy) is 1. The zero-order valence-electron chi connectivity index (χ0n) is 13.9. The highest BCUT2D eigenvalue weighted by Crippen LogP contribution is 2.27. The van der Waals surface area contributed by atoms with Gasteiger partial charge < -0.3 is 9.84 Å². The van der Waals surface area contributed by atoms with E-state index in [2.05, 4.69) is 54.3 Å². The molecule has 3 rings (SSSR count). The number of fused-ring (bicyclic) bond motifs is 1. The number of rotatable bonds is 6. The molecule has 0 aliphatic carbocycles. The van der Waals surface area contributed by atoms with Crippen molar-refractivity contribution >= 4 is 10.8 Å². The molecule has 124 valence electrons. The number of hydrogen-bond acceptors (Lipinski definition) is 3. The first-order valence-corrected chi connectivity index (χ1v) is 8.73. The molecule has 1 aliphatic rings. The molecule has 0 saturated carbocycles. The average molecular weight is 313 g/mol. The van der Waals surface area contributed by atoms with Gasteiger partial charge in [0, 0.05) is 32.3 Å². The van der Waals surface area contributed by atoms with Crippen molar-refractivity contribution in [3.63, 3.8) is 0 Å². The van der Waals surface area contributed by atoms with Crippen molar-refractivity contribution in [1.29, 1.82) is 0 Å². The van der Waals surface area contributed by atoms with Crippen LogP contribution in [-0.2, 0) is 4.74 Å². The molecule has 0 aromatic heterocycles. The Morgan fingerprint density at radius 3 is 2.61 bits per heavy atom. The number of piperidine rings is 1. The molecule has 2 aromatic rings. The Hall–Kier alpha value is -1.42. The molecular formula is C20H27NO2. The lowest BCUT2D eigenvalue weighted by molar-refractivity contribution is -0.00509. The molecule has 1 saturated heterocycles. The Kier molecular flexibility index (Phi) is 5.65. The molecule has 0 spiro atoms. The van der Waals surface area contributed by atoms with Crippen molar-refractivity contribution < 1.29 is 9.84 Å². The number of nitrogens with zero attached hydrogens (tertiary/aromatic N) is 1. The molecule has 3 nitrogen and oxygen atoms in total. The maximum Gasteiger partial charge on any atom is 0.0599 e. The molecule has 1 fully saturated rings. The van der Waals surface area contributed by atoms with Gasteiger partial charge in [0.15, 0.2) is 0 Å². The zero-order valence-corrected chi connectivity index (χ0v) is 13.9. The SMILES string of the molecule is CC(c1ccc2ccccc2c1)N1CCC(OCCCO)CC1. The van der Waals surface area contributed by atoms with Gasteiger partial charge in [-0.3, -0.25) is 4.90 Å². The second-order valence-corrected chi connectivity index (χ2v) is 6.47. The summed E-state index contributed by atoms with van der Waals surface area (Å²) < 4.78 is 5.83. The molecule has 1 atom stereocenters. The van der Waals surface area contributed by atoms with Gasteiger partial charge in [0.25, 0.3) is 0 Å². The smallest absolute Gasteiger partial charge is 0.0599 e. The Bertz CT molecular complexity index is 620. The summed E-state index contributed by atoms with van der Waals surface area (Å²) in [4.78, 5) is 2.55. The molecule has 1 heterocycles. The van der Waals surface area contributed by atoms with E-state index in [4.69, 9.17) is 9.84 Å². The van der Waals surface area contributed by atoms with Crippen molar-refractivity contribution in [3.05, 3.63) is 48.0 Å². The van der Waals surface area contributed by atoms with Crippen molar-refractivity contribution in [1.82, 2.24) is 4.90 Å². The molecule has 1 unspecified atom stereocenters. The van der Waals surface area contributed by atoms with Gasteiger partial charge in [-0.1, -0.05) is 36.4 Å². The fraction of sp³-hybridized carbons (Fsp3) is 0.500. The van der Waals surface area contributed by atoms with Crippen LogP contribution in [0.4, 0.5) is 0 Å². The van der Waals surface area contributed by atoms with Crippen LogP contribution in [0.1, 0.15) is 37.8 Å². The summed E-state index contributed by atoms with van der Waals surface area (Å²) in [6.45, 7) is 5.37. The van der Waals surface area contributed by atoms with Crippen molar-refractivity contribution in [2.75, 3.05) is 26.3 Å². The first-order chi connectivity index (χ1) is 11.3. The van der Waals surface area contributed by atoms with Crippen LogP contribution in [0.2, 0.25) is 0 Å². The minimum Gasteiger partial charge on any atom is -0.396 e.